The van der Waals surface area contributed by atoms with Crippen molar-refractivity contribution in [3.63, 3.8) is 0 Å². The highest BCUT2D eigenvalue weighted by atomic mass is 35.5. The summed E-state index contributed by atoms with van der Waals surface area (Å²) < 4.78 is 5.00. The summed E-state index contributed by atoms with van der Waals surface area (Å²) in [6.07, 6.45) is 5.16. The summed E-state index contributed by atoms with van der Waals surface area (Å²) in [5.41, 5.74) is 6.06. The SMILES string of the molecule is COc1nc(Cl)ncc1C=CCN. The van der Waals surface area contributed by atoms with E-state index < -0.39 is 0 Å². The summed E-state index contributed by atoms with van der Waals surface area (Å²) in [4.78, 5) is 7.71. The van der Waals surface area contributed by atoms with Crippen LogP contribution in [0.1, 0.15) is 5.56 Å². The molecule has 4 nitrogen and oxygen atoms in total. The van der Waals surface area contributed by atoms with Crippen LogP contribution >= 0.6 is 11.6 Å². The number of rotatable bonds is 3. The summed E-state index contributed by atoms with van der Waals surface area (Å²) in [7, 11) is 1.53. The van der Waals surface area contributed by atoms with Gasteiger partial charge in [0.1, 0.15) is 0 Å². The molecule has 0 bridgehead atoms. The van der Waals surface area contributed by atoms with E-state index >= 15 is 0 Å². The van der Waals surface area contributed by atoms with Crippen LogP contribution < -0.4 is 10.5 Å². The molecule has 13 heavy (non-hydrogen) atoms. The Labute approximate surface area is 81.4 Å². The summed E-state index contributed by atoms with van der Waals surface area (Å²) in [6.45, 7) is 0.464. The van der Waals surface area contributed by atoms with Crippen molar-refractivity contribution < 1.29 is 4.74 Å². The van der Waals surface area contributed by atoms with Crippen LogP contribution in [0.25, 0.3) is 6.08 Å². The van der Waals surface area contributed by atoms with Gasteiger partial charge >= 0.3 is 0 Å². The van der Waals surface area contributed by atoms with Gasteiger partial charge in [-0.3, -0.25) is 0 Å². The Morgan fingerprint density at radius 1 is 1.69 bits per heavy atom. The maximum absolute atomic E-state index is 5.58. The predicted molar refractivity (Wildman–Crippen MR) is 51.7 cm³/mol. The molecule has 0 saturated carbocycles. The predicted octanol–water partition coefficient (Wildman–Crippen LogP) is 1.11. The van der Waals surface area contributed by atoms with E-state index in [4.69, 9.17) is 22.1 Å². The van der Waals surface area contributed by atoms with Crippen LogP contribution in [0.3, 0.4) is 0 Å². The summed E-state index contributed by atoms with van der Waals surface area (Å²) in [5.74, 6) is 0.449. The standard InChI is InChI=1S/C8H10ClN3O/c1-13-7-6(3-2-4-10)5-11-8(9)12-7/h2-3,5H,4,10H2,1H3. The minimum Gasteiger partial charge on any atom is -0.480 e. The zero-order valence-electron chi connectivity index (χ0n) is 7.20. The molecule has 0 atom stereocenters. The van der Waals surface area contributed by atoms with Gasteiger partial charge in [-0.05, 0) is 11.6 Å². The van der Waals surface area contributed by atoms with Gasteiger partial charge in [-0.25, -0.2) is 4.98 Å². The number of methoxy groups -OCH3 is 1. The van der Waals surface area contributed by atoms with Crippen molar-refractivity contribution in [2.45, 2.75) is 0 Å². The second-order valence-corrected chi connectivity index (χ2v) is 2.58. The zero-order chi connectivity index (χ0) is 9.68. The Morgan fingerprint density at radius 2 is 2.46 bits per heavy atom. The van der Waals surface area contributed by atoms with Crippen molar-refractivity contribution in [2.75, 3.05) is 13.7 Å². The van der Waals surface area contributed by atoms with Crippen molar-refractivity contribution >= 4 is 17.7 Å². The third kappa shape index (κ3) is 2.68. The van der Waals surface area contributed by atoms with Gasteiger partial charge in [-0.1, -0.05) is 12.2 Å². The van der Waals surface area contributed by atoms with Crippen LogP contribution in [0.5, 0.6) is 5.88 Å². The van der Waals surface area contributed by atoms with Gasteiger partial charge in [0.25, 0.3) is 0 Å². The molecule has 1 heterocycles. The van der Waals surface area contributed by atoms with Gasteiger partial charge in [-0.2, -0.15) is 4.98 Å². The molecule has 0 aliphatic carbocycles. The lowest BCUT2D eigenvalue weighted by Gasteiger charge is -2.01. The monoisotopic (exact) mass is 199 g/mol. The highest BCUT2D eigenvalue weighted by Crippen LogP contribution is 2.17. The summed E-state index contributed by atoms with van der Waals surface area (Å²) >= 11 is 5.58. The molecule has 1 aromatic heterocycles. The molecule has 0 aliphatic heterocycles. The molecule has 0 unspecified atom stereocenters. The van der Waals surface area contributed by atoms with Gasteiger partial charge < -0.3 is 10.5 Å². The fourth-order valence-corrected chi connectivity index (χ4v) is 0.954. The lowest BCUT2D eigenvalue weighted by atomic mass is 10.3. The van der Waals surface area contributed by atoms with Crippen LogP contribution in [0, 0.1) is 0 Å². The van der Waals surface area contributed by atoms with Crippen LogP contribution in [-0.2, 0) is 0 Å². The Balaban J connectivity index is 2.99. The lowest BCUT2D eigenvalue weighted by molar-refractivity contribution is 0.396. The normalized spacial score (nSPS) is 10.7. The highest BCUT2D eigenvalue weighted by Gasteiger charge is 2.02. The molecule has 1 rings (SSSR count). The molecule has 1 aromatic rings. The van der Waals surface area contributed by atoms with Crippen molar-refractivity contribution in [2.24, 2.45) is 5.73 Å². The molecule has 0 aliphatic rings. The van der Waals surface area contributed by atoms with E-state index in [9.17, 15) is 0 Å². The fraction of sp³-hybridized carbons (Fsp3) is 0.250. The lowest BCUT2D eigenvalue weighted by Crippen LogP contribution is -1.95. The zero-order valence-corrected chi connectivity index (χ0v) is 7.95. The molecule has 5 heteroatoms. The Kier molecular flexibility index (Phi) is 3.67. The Hall–Kier alpha value is -1.13. The molecular formula is C8H10ClN3O. The van der Waals surface area contributed by atoms with Crippen LogP contribution in [0.4, 0.5) is 0 Å². The van der Waals surface area contributed by atoms with Gasteiger partial charge in [0, 0.05) is 12.7 Å². The smallest absolute Gasteiger partial charge is 0.225 e. The highest BCUT2D eigenvalue weighted by molar-refractivity contribution is 6.28. The second-order valence-electron chi connectivity index (χ2n) is 2.24. The topological polar surface area (TPSA) is 61.0 Å². The molecule has 0 spiro atoms. The number of hydrogen-bond donors (Lipinski definition) is 1. The van der Waals surface area contributed by atoms with E-state index in [1.165, 1.54) is 7.11 Å². The van der Waals surface area contributed by atoms with Crippen molar-refractivity contribution in [3.05, 3.63) is 23.1 Å². The van der Waals surface area contributed by atoms with E-state index in [0.29, 0.717) is 12.4 Å². The Morgan fingerprint density at radius 3 is 3.08 bits per heavy atom. The average Bonchev–Trinajstić information content (AvgIpc) is 2.16. The molecule has 2 N–H and O–H groups in total. The molecule has 0 radical (unpaired) electrons. The van der Waals surface area contributed by atoms with Gasteiger partial charge in [0.2, 0.25) is 11.2 Å². The molecule has 0 aromatic carbocycles. The maximum atomic E-state index is 5.58. The molecule has 0 saturated heterocycles. The number of ether oxygens (including phenoxy) is 1. The second kappa shape index (κ2) is 4.79. The van der Waals surface area contributed by atoms with Crippen molar-refractivity contribution in [1.29, 1.82) is 0 Å². The number of halogens is 1. The third-order valence-corrected chi connectivity index (χ3v) is 1.56. The van der Waals surface area contributed by atoms with Crippen molar-refractivity contribution in [3.8, 4) is 5.88 Å². The maximum Gasteiger partial charge on any atom is 0.225 e. The first kappa shape index (κ1) is 9.95. The van der Waals surface area contributed by atoms with E-state index in [-0.39, 0.29) is 5.28 Å². The summed E-state index contributed by atoms with van der Waals surface area (Å²) in [5, 5.41) is 0.168. The van der Waals surface area contributed by atoms with Gasteiger partial charge in [-0.15, -0.1) is 0 Å². The number of nitrogens with two attached hydrogens (primary N) is 1. The molecule has 0 amide bonds. The minimum absolute atomic E-state index is 0.168. The molecule has 70 valence electrons. The first-order chi connectivity index (χ1) is 6.27. The van der Waals surface area contributed by atoms with E-state index in [0.717, 1.165) is 5.56 Å². The summed E-state index contributed by atoms with van der Waals surface area (Å²) in [6, 6.07) is 0. The van der Waals surface area contributed by atoms with Crippen LogP contribution in [0.2, 0.25) is 5.28 Å². The van der Waals surface area contributed by atoms with E-state index in [2.05, 4.69) is 9.97 Å². The average molecular weight is 200 g/mol. The van der Waals surface area contributed by atoms with Gasteiger partial charge in [0.15, 0.2) is 0 Å². The fourth-order valence-electron chi connectivity index (χ4n) is 0.828. The van der Waals surface area contributed by atoms with Gasteiger partial charge in [0.05, 0.1) is 12.7 Å². The number of nitrogens with zero attached hydrogens (tertiary/aromatic N) is 2. The minimum atomic E-state index is 0.168. The van der Waals surface area contributed by atoms with Crippen molar-refractivity contribution in [1.82, 2.24) is 9.97 Å². The van der Waals surface area contributed by atoms with E-state index in [1.807, 2.05) is 0 Å². The van der Waals surface area contributed by atoms with Crippen LogP contribution in [0.15, 0.2) is 12.3 Å². The largest absolute Gasteiger partial charge is 0.480 e. The van der Waals surface area contributed by atoms with E-state index in [1.54, 1.807) is 18.3 Å². The first-order valence-electron chi connectivity index (χ1n) is 3.71. The third-order valence-electron chi connectivity index (χ3n) is 1.38. The number of aromatic nitrogens is 2. The molecule has 0 fully saturated rings. The number of hydrogen-bond acceptors (Lipinski definition) is 4. The molecular weight excluding hydrogens is 190 g/mol. The first-order valence-corrected chi connectivity index (χ1v) is 4.09. The quantitative estimate of drug-likeness (QED) is 0.741. The Bertz CT molecular complexity index is 314. The van der Waals surface area contributed by atoms with Crippen LogP contribution in [-0.4, -0.2) is 23.6 Å².